The van der Waals surface area contributed by atoms with E-state index in [9.17, 15) is 0 Å². The summed E-state index contributed by atoms with van der Waals surface area (Å²) in [5.74, 6) is 1.61. The van der Waals surface area contributed by atoms with Gasteiger partial charge in [-0.3, -0.25) is 4.90 Å². The van der Waals surface area contributed by atoms with E-state index in [0.717, 1.165) is 48.6 Å². The van der Waals surface area contributed by atoms with Crippen LogP contribution in [0.2, 0.25) is 0 Å². The lowest BCUT2D eigenvalue weighted by atomic mass is 9.99. The number of nitrogens with one attached hydrogen (secondary N) is 1. The van der Waals surface area contributed by atoms with Gasteiger partial charge in [0, 0.05) is 31.3 Å². The molecule has 3 rings (SSSR count). The van der Waals surface area contributed by atoms with Gasteiger partial charge in [-0.25, -0.2) is 15.0 Å². The summed E-state index contributed by atoms with van der Waals surface area (Å²) < 4.78 is 5.25. The average Bonchev–Trinajstić information content (AvgIpc) is 3.05. The van der Waals surface area contributed by atoms with Crippen LogP contribution in [0.25, 0.3) is 0 Å². The predicted octanol–water partition coefficient (Wildman–Crippen LogP) is 3.16. The lowest BCUT2D eigenvalue weighted by molar-refractivity contribution is 0.0941. The van der Waals surface area contributed by atoms with E-state index in [1.807, 2.05) is 12.3 Å². The lowest BCUT2D eigenvalue weighted by Gasteiger charge is -2.35. The van der Waals surface area contributed by atoms with Gasteiger partial charge in [0.05, 0.1) is 18.3 Å². The third-order valence-electron chi connectivity index (χ3n) is 4.06. The Morgan fingerprint density at radius 2 is 2.30 bits per heavy atom. The van der Waals surface area contributed by atoms with Crippen LogP contribution in [0.5, 0.6) is 0 Å². The van der Waals surface area contributed by atoms with Gasteiger partial charge in [0.25, 0.3) is 0 Å². The Morgan fingerprint density at radius 1 is 1.39 bits per heavy atom. The van der Waals surface area contributed by atoms with Gasteiger partial charge in [0.2, 0.25) is 0 Å². The molecule has 1 aliphatic rings. The van der Waals surface area contributed by atoms with Gasteiger partial charge in [-0.2, -0.15) is 0 Å². The summed E-state index contributed by atoms with van der Waals surface area (Å²) in [5, 5.41) is 6.08. The number of nitrogens with zero attached hydrogens (tertiary/aromatic N) is 4. The summed E-state index contributed by atoms with van der Waals surface area (Å²) >= 11 is 1.57. The van der Waals surface area contributed by atoms with E-state index >= 15 is 0 Å². The fourth-order valence-corrected chi connectivity index (χ4v) is 3.56. The number of hydrogen-bond donors (Lipinski definition) is 1. The number of aromatic nitrogens is 3. The minimum absolute atomic E-state index is 0.345. The van der Waals surface area contributed by atoms with Crippen molar-refractivity contribution in [1.82, 2.24) is 19.9 Å². The number of thiazole rings is 1. The van der Waals surface area contributed by atoms with Crippen LogP contribution in [0.4, 0.5) is 10.9 Å². The minimum atomic E-state index is 0.345. The second-order valence-electron chi connectivity index (χ2n) is 5.73. The molecule has 1 fully saturated rings. The first-order chi connectivity index (χ1) is 11.3. The van der Waals surface area contributed by atoms with Crippen molar-refractivity contribution in [2.75, 3.05) is 32.1 Å². The molecule has 1 N–H and O–H groups in total. The number of anilines is 2. The van der Waals surface area contributed by atoms with E-state index in [4.69, 9.17) is 9.72 Å². The van der Waals surface area contributed by atoms with Crippen LogP contribution in [0.15, 0.2) is 17.6 Å². The summed E-state index contributed by atoms with van der Waals surface area (Å²) in [6.45, 7) is 4.75. The van der Waals surface area contributed by atoms with E-state index in [2.05, 4.69) is 26.3 Å². The first-order valence-electron chi connectivity index (χ1n) is 8.01. The van der Waals surface area contributed by atoms with E-state index in [1.165, 1.54) is 12.8 Å². The second-order valence-corrected chi connectivity index (χ2v) is 6.62. The third-order valence-corrected chi connectivity index (χ3v) is 4.75. The number of ether oxygens (including phenoxy) is 1. The van der Waals surface area contributed by atoms with Crippen molar-refractivity contribution in [3.63, 3.8) is 0 Å². The lowest BCUT2D eigenvalue weighted by Crippen LogP contribution is -2.36. The normalized spacial score (nSPS) is 19.0. The number of piperidine rings is 1. The Bertz CT molecular complexity index is 619. The number of rotatable bonds is 6. The van der Waals surface area contributed by atoms with Gasteiger partial charge in [-0.1, -0.05) is 6.42 Å². The zero-order valence-electron chi connectivity index (χ0n) is 13.7. The van der Waals surface area contributed by atoms with Crippen molar-refractivity contribution in [2.45, 2.75) is 32.2 Å². The number of likely N-dealkylation sites (tertiary alicyclic amines) is 1. The van der Waals surface area contributed by atoms with Crippen LogP contribution < -0.4 is 5.32 Å². The van der Waals surface area contributed by atoms with Crippen molar-refractivity contribution in [3.05, 3.63) is 29.2 Å². The van der Waals surface area contributed by atoms with Crippen molar-refractivity contribution in [2.24, 2.45) is 0 Å². The predicted molar refractivity (Wildman–Crippen MR) is 92.2 cm³/mol. The van der Waals surface area contributed by atoms with Gasteiger partial charge in [-0.05, 0) is 26.3 Å². The highest BCUT2D eigenvalue weighted by Crippen LogP contribution is 2.31. The highest BCUT2D eigenvalue weighted by molar-refractivity contribution is 7.13. The fourth-order valence-electron chi connectivity index (χ4n) is 3.02. The van der Waals surface area contributed by atoms with Crippen LogP contribution in [-0.4, -0.2) is 46.7 Å². The molecule has 0 spiro atoms. The average molecular weight is 333 g/mol. The van der Waals surface area contributed by atoms with Crippen molar-refractivity contribution in [1.29, 1.82) is 0 Å². The van der Waals surface area contributed by atoms with E-state index in [0.29, 0.717) is 6.04 Å². The molecule has 1 aliphatic heterocycles. The Balaban J connectivity index is 1.81. The molecule has 23 heavy (non-hydrogen) atoms. The van der Waals surface area contributed by atoms with Crippen LogP contribution in [0.3, 0.4) is 0 Å². The second kappa shape index (κ2) is 7.81. The molecule has 0 saturated carbocycles. The Kier molecular flexibility index (Phi) is 5.53. The first kappa shape index (κ1) is 16.3. The molecular weight excluding hydrogens is 310 g/mol. The first-order valence-corrected chi connectivity index (χ1v) is 8.89. The monoisotopic (exact) mass is 333 g/mol. The molecule has 2 aromatic heterocycles. The number of hydrogen-bond acceptors (Lipinski definition) is 7. The zero-order chi connectivity index (χ0) is 16.1. The van der Waals surface area contributed by atoms with Crippen molar-refractivity contribution in [3.8, 4) is 0 Å². The topological polar surface area (TPSA) is 63.2 Å². The largest absolute Gasteiger partial charge is 0.383 e. The SMILES string of the molecule is COCCN1CCCC[C@@H]1c1cc(Nc2nccs2)nc(C)n1. The summed E-state index contributed by atoms with van der Waals surface area (Å²) in [4.78, 5) is 15.9. The van der Waals surface area contributed by atoms with E-state index in [-0.39, 0.29) is 0 Å². The molecule has 0 aromatic carbocycles. The molecule has 1 saturated heterocycles. The van der Waals surface area contributed by atoms with Gasteiger partial charge in [-0.15, -0.1) is 11.3 Å². The number of aryl methyl sites for hydroxylation is 1. The fraction of sp³-hybridized carbons (Fsp3) is 0.562. The standard InChI is InChI=1S/C16H23N5OS/c1-12-18-13(11-15(19-12)20-16-17-6-10-23-16)14-5-3-4-7-21(14)8-9-22-2/h6,10-11,14H,3-5,7-9H2,1-2H3,(H,17,18,19,20)/t14-/m1/s1. The number of methoxy groups -OCH3 is 1. The zero-order valence-corrected chi connectivity index (χ0v) is 14.5. The van der Waals surface area contributed by atoms with Crippen LogP contribution >= 0.6 is 11.3 Å². The minimum Gasteiger partial charge on any atom is -0.383 e. The summed E-state index contributed by atoms with van der Waals surface area (Å²) in [6.07, 6.45) is 5.41. The highest BCUT2D eigenvalue weighted by Gasteiger charge is 2.25. The molecule has 0 aliphatic carbocycles. The Labute approximate surface area is 140 Å². The molecule has 3 heterocycles. The van der Waals surface area contributed by atoms with Gasteiger partial charge in [0.1, 0.15) is 11.6 Å². The molecule has 7 heteroatoms. The maximum absolute atomic E-state index is 5.25. The van der Waals surface area contributed by atoms with E-state index < -0.39 is 0 Å². The molecule has 0 amide bonds. The quantitative estimate of drug-likeness (QED) is 0.876. The molecular formula is C16H23N5OS. The summed E-state index contributed by atoms with van der Waals surface area (Å²) in [7, 11) is 1.75. The van der Waals surface area contributed by atoms with Crippen molar-refractivity contribution >= 4 is 22.3 Å². The summed E-state index contributed by atoms with van der Waals surface area (Å²) in [5.41, 5.74) is 1.09. The smallest absolute Gasteiger partial charge is 0.188 e. The molecule has 0 bridgehead atoms. The third kappa shape index (κ3) is 4.25. The Morgan fingerprint density at radius 3 is 3.09 bits per heavy atom. The molecule has 6 nitrogen and oxygen atoms in total. The van der Waals surface area contributed by atoms with Crippen LogP contribution in [0.1, 0.15) is 36.8 Å². The maximum atomic E-state index is 5.25. The molecule has 0 unspecified atom stereocenters. The molecule has 0 radical (unpaired) electrons. The van der Waals surface area contributed by atoms with Gasteiger partial charge < -0.3 is 10.1 Å². The van der Waals surface area contributed by atoms with E-state index in [1.54, 1.807) is 24.6 Å². The highest BCUT2D eigenvalue weighted by atomic mass is 32.1. The Hall–Kier alpha value is -1.57. The van der Waals surface area contributed by atoms with Gasteiger partial charge >= 0.3 is 0 Å². The van der Waals surface area contributed by atoms with Gasteiger partial charge in [0.15, 0.2) is 5.13 Å². The van der Waals surface area contributed by atoms with Crippen LogP contribution in [0, 0.1) is 6.92 Å². The maximum Gasteiger partial charge on any atom is 0.188 e. The molecule has 124 valence electrons. The molecule has 2 aromatic rings. The van der Waals surface area contributed by atoms with Crippen LogP contribution in [-0.2, 0) is 4.74 Å². The molecule has 1 atom stereocenters. The summed E-state index contributed by atoms with van der Waals surface area (Å²) in [6, 6.07) is 2.40. The van der Waals surface area contributed by atoms with Crippen molar-refractivity contribution < 1.29 is 4.74 Å².